The zero-order chi connectivity index (χ0) is 16.5. The Morgan fingerprint density at radius 3 is 1.67 bits per heavy atom. The molecule has 1 aliphatic rings. The molecule has 0 fully saturated rings. The van der Waals surface area contributed by atoms with Gasteiger partial charge in [-0.05, 0) is 66.5 Å². The first-order chi connectivity index (χ1) is 9.29. The van der Waals surface area contributed by atoms with Crippen LogP contribution in [0.25, 0.3) is 0 Å². The lowest BCUT2D eigenvalue weighted by Gasteiger charge is -2.62. The lowest BCUT2D eigenvalue weighted by atomic mass is 9.60. The van der Waals surface area contributed by atoms with E-state index < -0.39 is 0 Å². The molecule has 0 unspecified atom stereocenters. The fraction of sp³-hybridized carbons (Fsp3) is 0.789. The van der Waals surface area contributed by atoms with Crippen molar-refractivity contribution in [2.24, 2.45) is 7.05 Å². The van der Waals surface area contributed by atoms with E-state index in [1.54, 1.807) is 11.1 Å². The summed E-state index contributed by atoms with van der Waals surface area (Å²) in [7, 11) is 2.21. The summed E-state index contributed by atoms with van der Waals surface area (Å²) in [6, 6.07) is 0.516. The molecule has 1 aromatic heterocycles. The second kappa shape index (κ2) is 4.38. The molecule has 0 bridgehead atoms. The van der Waals surface area contributed by atoms with Gasteiger partial charge in [-0.15, -0.1) is 0 Å². The first kappa shape index (κ1) is 16.6. The van der Waals surface area contributed by atoms with Crippen molar-refractivity contribution in [1.29, 1.82) is 0 Å². The van der Waals surface area contributed by atoms with Gasteiger partial charge < -0.3 is 4.57 Å². The minimum atomic E-state index is 0.0542. The van der Waals surface area contributed by atoms with Gasteiger partial charge >= 0.3 is 0 Å². The number of nitrogens with zero attached hydrogens (tertiary/aromatic N) is 2. The molecular weight excluding hydrogens is 256 g/mol. The maximum atomic E-state index is 2.72. The van der Waals surface area contributed by atoms with E-state index in [1.165, 1.54) is 11.4 Å². The van der Waals surface area contributed by atoms with Crippen LogP contribution in [-0.4, -0.2) is 21.0 Å². The van der Waals surface area contributed by atoms with Gasteiger partial charge in [-0.3, -0.25) is 4.90 Å². The molecule has 0 saturated carbocycles. The van der Waals surface area contributed by atoms with Crippen molar-refractivity contribution in [3.63, 3.8) is 0 Å². The monoisotopic (exact) mass is 290 g/mol. The fourth-order valence-electron chi connectivity index (χ4n) is 5.18. The number of aromatic nitrogens is 1. The van der Waals surface area contributed by atoms with E-state index in [0.717, 1.165) is 0 Å². The molecule has 0 aromatic carbocycles. The molecule has 0 N–H and O–H groups in total. The van der Waals surface area contributed by atoms with Crippen LogP contribution in [0.2, 0.25) is 0 Å². The van der Waals surface area contributed by atoms with Crippen LogP contribution in [0.1, 0.15) is 77.9 Å². The van der Waals surface area contributed by atoms with Crippen LogP contribution in [0.15, 0.2) is 0 Å². The summed E-state index contributed by atoms with van der Waals surface area (Å²) in [6.07, 6.45) is 0. The Morgan fingerprint density at radius 2 is 1.24 bits per heavy atom. The minimum absolute atomic E-state index is 0.0542. The smallest absolute Gasteiger partial charge is 0.0433 e. The van der Waals surface area contributed by atoms with Gasteiger partial charge in [-0.25, -0.2) is 0 Å². The van der Waals surface area contributed by atoms with E-state index in [1.807, 2.05) is 0 Å². The van der Waals surface area contributed by atoms with Gasteiger partial charge in [-0.1, -0.05) is 13.8 Å². The molecule has 2 rings (SSSR count). The third kappa shape index (κ3) is 1.81. The van der Waals surface area contributed by atoms with Gasteiger partial charge in [0.05, 0.1) is 0 Å². The molecule has 120 valence electrons. The van der Waals surface area contributed by atoms with Crippen molar-refractivity contribution in [2.45, 2.75) is 91.8 Å². The van der Waals surface area contributed by atoms with E-state index >= 15 is 0 Å². The first-order valence-electron chi connectivity index (χ1n) is 8.25. The summed E-state index contributed by atoms with van der Waals surface area (Å²) in [6.45, 7) is 23.7. The highest BCUT2D eigenvalue weighted by molar-refractivity contribution is 5.51. The summed E-state index contributed by atoms with van der Waals surface area (Å²) >= 11 is 0. The summed E-state index contributed by atoms with van der Waals surface area (Å²) < 4.78 is 2.38. The van der Waals surface area contributed by atoms with E-state index in [9.17, 15) is 0 Å². The van der Waals surface area contributed by atoms with Gasteiger partial charge in [-0.2, -0.15) is 0 Å². The van der Waals surface area contributed by atoms with Gasteiger partial charge in [0.25, 0.3) is 0 Å². The summed E-state index contributed by atoms with van der Waals surface area (Å²) in [4.78, 5) is 2.72. The van der Waals surface area contributed by atoms with Crippen molar-refractivity contribution in [1.82, 2.24) is 9.47 Å². The van der Waals surface area contributed by atoms with E-state index in [0.29, 0.717) is 6.04 Å². The van der Waals surface area contributed by atoms with Crippen molar-refractivity contribution in [2.75, 3.05) is 0 Å². The predicted molar refractivity (Wildman–Crippen MR) is 92.0 cm³/mol. The third-order valence-corrected chi connectivity index (χ3v) is 6.47. The second-order valence-electron chi connectivity index (χ2n) is 8.69. The van der Waals surface area contributed by atoms with Crippen LogP contribution >= 0.6 is 0 Å². The first-order valence-corrected chi connectivity index (χ1v) is 8.25. The number of hydrogen-bond donors (Lipinski definition) is 0. The van der Waals surface area contributed by atoms with Crippen molar-refractivity contribution in [3.05, 3.63) is 22.5 Å². The highest BCUT2D eigenvalue weighted by Crippen LogP contribution is 2.55. The van der Waals surface area contributed by atoms with Crippen molar-refractivity contribution in [3.8, 4) is 0 Å². The van der Waals surface area contributed by atoms with Crippen molar-refractivity contribution >= 4 is 0 Å². The molecule has 2 heterocycles. The Balaban J connectivity index is 2.93. The maximum absolute atomic E-state index is 2.72. The third-order valence-electron chi connectivity index (χ3n) is 6.47. The van der Waals surface area contributed by atoms with Gasteiger partial charge in [0.2, 0.25) is 0 Å². The van der Waals surface area contributed by atoms with Crippen LogP contribution < -0.4 is 0 Å². The molecular formula is C19H34N2. The largest absolute Gasteiger partial charge is 0.352 e. The fourth-order valence-corrected chi connectivity index (χ4v) is 5.18. The standard InChI is InChI=1S/C19H34N2/c1-12(2)21-18(7,8)16-14(4)20(11)13(3)15(16)17(5,6)19(21,9)10/h12H,1-11H3. The highest BCUT2D eigenvalue weighted by atomic mass is 15.3. The maximum Gasteiger partial charge on any atom is 0.0433 e. The number of rotatable bonds is 1. The molecule has 0 amide bonds. The average molecular weight is 290 g/mol. The van der Waals surface area contributed by atoms with E-state index in [-0.39, 0.29) is 16.5 Å². The predicted octanol–water partition coefficient (Wildman–Crippen LogP) is 4.66. The molecule has 1 aromatic rings. The Kier molecular flexibility index (Phi) is 3.46. The number of hydrogen-bond acceptors (Lipinski definition) is 1. The normalized spacial score (nSPS) is 23.4. The Morgan fingerprint density at radius 1 is 0.810 bits per heavy atom. The van der Waals surface area contributed by atoms with Crippen molar-refractivity contribution < 1.29 is 0 Å². The average Bonchev–Trinajstić information content (AvgIpc) is 2.51. The molecule has 2 heteroatoms. The van der Waals surface area contributed by atoms with Gasteiger partial charge in [0.1, 0.15) is 0 Å². The quantitative estimate of drug-likeness (QED) is 0.730. The minimum Gasteiger partial charge on any atom is -0.352 e. The molecule has 0 spiro atoms. The second-order valence-corrected chi connectivity index (χ2v) is 8.69. The molecule has 0 radical (unpaired) electrons. The Bertz CT molecular complexity index is 571. The molecule has 21 heavy (non-hydrogen) atoms. The van der Waals surface area contributed by atoms with Gasteiger partial charge in [0.15, 0.2) is 0 Å². The zero-order valence-electron chi connectivity index (χ0n) is 16.0. The molecule has 0 atom stereocenters. The molecule has 1 aliphatic heterocycles. The SMILES string of the molecule is Cc1c2c(c(C)n1C)C(C)(C)C(C)(C)N(C(C)C)C2(C)C. The number of fused-ring (bicyclic) bond motifs is 1. The zero-order valence-corrected chi connectivity index (χ0v) is 16.0. The highest BCUT2D eigenvalue weighted by Gasteiger charge is 2.57. The van der Waals surface area contributed by atoms with Crippen LogP contribution in [0.5, 0.6) is 0 Å². The summed E-state index contributed by atoms with van der Waals surface area (Å²) in [5, 5.41) is 0. The molecule has 0 saturated heterocycles. The Hall–Kier alpha value is -0.760. The summed E-state index contributed by atoms with van der Waals surface area (Å²) in [5.41, 5.74) is 6.24. The molecule has 2 nitrogen and oxygen atoms in total. The van der Waals surface area contributed by atoms with E-state index in [2.05, 4.69) is 85.8 Å². The summed E-state index contributed by atoms with van der Waals surface area (Å²) in [5.74, 6) is 0. The lowest BCUT2D eigenvalue weighted by molar-refractivity contribution is -0.0692. The topological polar surface area (TPSA) is 8.17 Å². The van der Waals surface area contributed by atoms with Gasteiger partial charge in [0, 0.05) is 41.0 Å². The van der Waals surface area contributed by atoms with Crippen LogP contribution in [0, 0.1) is 13.8 Å². The lowest BCUT2D eigenvalue weighted by Crippen LogP contribution is -2.67. The Labute approximate surface area is 131 Å². The van der Waals surface area contributed by atoms with Crippen LogP contribution in [0.4, 0.5) is 0 Å². The van der Waals surface area contributed by atoms with Crippen LogP contribution in [-0.2, 0) is 18.0 Å². The van der Waals surface area contributed by atoms with E-state index in [4.69, 9.17) is 0 Å². The molecule has 0 aliphatic carbocycles. The van der Waals surface area contributed by atoms with Crippen LogP contribution in [0.3, 0.4) is 0 Å².